The van der Waals surface area contributed by atoms with Crippen LogP contribution in [-0.2, 0) is 9.53 Å². The lowest BCUT2D eigenvalue weighted by atomic mass is 10.1. The number of hydrogen-bond donors (Lipinski definition) is 2. The molecule has 1 atom stereocenters. The maximum atomic E-state index is 11.5. The molecule has 0 spiro atoms. The number of amides is 1. The van der Waals surface area contributed by atoms with Gasteiger partial charge in [-0.3, -0.25) is 4.79 Å². The van der Waals surface area contributed by atoms with Crippen molar-refractivity contribution in [3.05, 3.63) is 35.9 Å². The Hall–Kier alpha value is -1.10. The maximum Gasteiger partial charge on any atom is 0.220 e. The second-order valence-electron chi connectivity index (χ2n) is 4.27. The Morgan fingerprint density at radius 3 is 2.63 bits per heavy atom. The van der Waals surface area contributed by atoms with Crippen LogP contribution in [0, 0.1) is 0 Å². The third-order valence-corrected chi connectivity index (χ3v) is 2.75. The molecule has 108 valence electrons. The third-order valence-electron chi connectivity index (χ3n) is 2.75. The van der Waals surface area contributed by atoms with Crippen LogP contribution < -0.4 is 11.1 Å². The summed E-state index contributed by atoms with van der Waals surface area (Å²) in [5.41, 5.74) is 7.02. The minimum Gasteiger partial charge on any atom is -0.385 e. The number of ether oxygens (including phenoxy) is 1. The predicted molar refractivity (Wildman–Crippen MR) is 79.4 cm³/mol. The zero-order chi connectivity index (χ0) is 13.2. The molecular formula is C14H23ClN2O2. The number of carbonyl (C=O) groups excluding carboxylic acids is 1. The number of hydrogen-bond acceptors (Lipinski definition) is 3. The Kier molecular flexibility index (Phi) is 10.2. The normalized spacial score (nSPS) is 11.5. The maximum absolute atomic E-state index is 11.5. The number of benzene rings is 1. The first-order valence-electron chi connectivity index (χ1n) is 6.30. The van der Waals surface area contributed by atoms with Crippen LogP contribution in [0.15, 0.2) is 30.3 Å². The van der Waals surface area contributed by atoms with E-state index < -0.39 is 0 Å². The molecule has 19 heavy (non-hydrogen) atoms. The molecule has 0 saturated heterocycles. The van der Waals surface area contributed by atoms with Crippen molar-refractivity contribution < 1.29 is 9.53 Å². The summed E-state index contributed by atoms with van der Waals surface area (Å²) < 4.78 is 4.93. The van der Waals surface area contributed by atoms with Gasteiger partial charge < -0.3 is 15.8 Å². The van der Waals surface area contributed by atoms with Gasteiger partial charge in [-0.05, 0) is 18.4 Å². The van der Waals surface area contributed by atoms with Gasteiger partial charge in [-0.1, -0.05) is 30.3 Å². The van der Waals surface area contributed by atoms with Crippen molar-refractivity contribution in [2.24, 2.45) is 5.73 Å². The van der Waals surface area contributed by atoms with Crippen LogP contribution in [0.5, 0.6) is 0 Å². The van der Waals surface area contributed by atoms with Gasteiger partial charge in [0.15, 0.2) is 0 Å². The monoisotopic (exact) mass is 286 g/mol. The zero-order valence-electron chi connectivity index (χ0n) is 11.3. The summed E-state index contributed by atoms with van der Waals surface area (Å²) in [6.45, 7) is 1.18. The summed E-state index contributed by atoms with van der Waals surface area (Å²) in [4.78, 5) is 11.5. The SMILES string of the molecule is COCCCCC(=O)NCC(N)c1ccccc1.Cl. The first-order chi connectivity index (χ1) is 8.74. The minimum absolute atomic E-state index is 0. The second-order valence-corrected chi connectivity index (χ2v) is 4.27. The molecule has 0 aliphatic rings. The van der Waals surface area contributed by atoms with E-state index in [2.05, 4.69) is 5.32 Å². The molecule has 1 unspecified atom stereocenters. The molecule has 1 rings (SSSR count). The quantitative estimate of drug-likeness (QED) is 0.719. The van der Waals surface area contributed by atoms with Gasteiger partial charge in [0.25, 0.3) is 0 Å². The van der Waals surface area contributed by atoms with Gasteiger partial charge in [-0.25, -0.2) is 0 Å². The molecule has 1 amide bonds. The Morgan fingerprint density at radius 1 is 1.32 bits per heavy atom. The molecule has 3 N–H and O–H groups in total. The topological polar surface area (TPSA) is 64.3 Å². The lowest BCUT2D eigenvalue weighted by molar-refractivity contribution is -0.121. The highest BCUT2D eigenvalue weighted by Crippen LogP contribution is 2.08. The van der Waals surface area contributed by atoms with Crippen LogP contribution in [0.1, 0.15) is 30.9 Å². The fourth-order valence-corrected chi connectivity index (χ4v) is 1.66. The molecule has 0 heterocycles. The van der Waals surface area contributed by atoms with Crippen LogP contribution >= 0.6 is 12.4 Å². The first-order valence-corrected chi connectivity index (χ1v) is 6.30. The molecular weight excluding hydrogens is 264 g/mol. The molecule has 0 aliphatic carbocycles. The van der Waals surface area contributed by atoms with E-state index in [9.17, 15) is 4.79 Å². The van der Waals surface area contributed by atoms with E-state index in [1.165, 1.54) is 0 Å². The van der Waals surface area contributed by atoms with Gasteiger partial charge in [-0.2, -0.15) is 0 Å². The van der Waals surface area contributed by atoms with Crippen LogP contribution in [0.25, 0.3) is 0 Å². The van der Waals surface area contributed by atoms with E-state index in [-0.39, 0.29) is 24.4 Å². The molecule has 0 saturated carbocycles. The average Bonchev–Trinajstić information content (AvgIpc) is 2.42. The van der Waals surface area contributed by atoms with E-state index in [1.54, 1.807) is 7.11 Å². The molecule has 0 fully saturated rings. The van der Waals surface area contributed by atoms with Gasteiger partial charge in [0.1, 0.15) is 0 Å². The fraction of sp³-hybridized carbons (Fsp3) is 0.500. The highest BCUT2D eigenvalue weighted by atomic mass is 35.5. The van der Waals surface area contributed by atoms with Gasteiger partial charge in [0.2, 0.25) is 5.91 Å². The smallest absolute Gasteiger partial charge is 0.220 e. The molecule has 4 nitrogen and oxygen atoms in total. The molecule has 1 aromatic carbocycles. The summed E-state index contributed by atoms with van der Waals surface area (Å²) >= 11 is 0. The van der Waals surface area contributed by atoms with E-state index >= 15 is 0 Å². The Balaban J connectivity index is 0.00000324. The van der Waals surface area contributed by atoms with E-state index in [0.717, 1.165) is 18.4 Å². The number of methoxy groups -OCH3 is 1. The lowest BCUT2D eigenvalue weighted by Gasteiger charge is -2.13. The Labute approximate surface area is 121 Å². The van der Waals surface area contributed by atoms with Crippen LogP contribution in [0.4, 0.5) is 0 Å². The fourth-order valence-electron chi connectivity index (χ4n) is 1.66. The summed E-state index contributed by atoms with van der Waals surface area (Å²) in [6, 6.07) is 9.63. The zero-order valence-corrected chi connectivity index (χ0v) is 12.1. The molecule has 5 heteroatoms. The molecule has 0 aromatic heterocycles. The summed E-state index contributed by atoms with van der Waals surface area (Å²) in [5.74, 6) is 0.0532. The highest BCUT2D eigenvalue weighted by molar-refractivity contribution is 5.85. The lowest BCUT2D eigenvalue weighted by Crippen LogP contribution is -2.31. The molecule has 0 aliphatic heterocycles. The first kappa shape index (κ1) is 17.9. The van der Waals surface area contributed by atoms with Crippen LogP contribution in [0.3, 0.4) is 0 Å². The van der Waals surface area contributed by atoms with Crippen molar-refractivity contribution in [3.63, 3.8) is 0 Å². The number of nitrogens with two attached hydrogens (primary N) is 1. The second kappa shape index (κ2) is 10.8. The highest BCUT2D eigenvalue weighted by Gasteiger charge is 2.07. The largest absolute Gasteiger partial charge is 0.385 e. The predicted octanol–water partition coefficient (Wildman–Crippen LogP) is 2.04. The van der Waals surface area contributed by atoms with Gasteiger partial charge in [0.05, 0.1) is 0 Å². The number of unbranched alkanes of at least 4 members (excludes halogenated alkanes) is 1. The summed E-state index contributed by atoms with van der Waals surface area (Å²) in [7, 11) is 1.67. The minimum atomic E-state index is -0.144. The molecule has 1 aromatic rings. The summed E-state index contributed by atoms with van der Waals surface area (Å²) in [5, 5.41) is 2.85. The Bertz CT molecular complexity index is 347. The number of nitrogens with one attached hydrogen (secondary N) is 1. The molecule has 0 bridgehead atoms. The van der Waals surface area contributed by atoms with Gasteiger partial charge in [-0.15, -0.1) is 12.4 Å². The van der Waals surface area contributed by atoms with Crippen LogP contribution in [-0.4, -0.2) is 26.2 Å². The number of halogens is 1. The van der Waals surface area contributed by atoms with E-state index in [0.29, 0.717) is 19.6 Å². The van der Waals surface area contributed by atoms with Crippen LogP contribution in [0.2, 0.25) is 0 Å². The van der Waals surface area contributed by atoms with Crippen molar-refractivity contribution in [3.8, 4) is 0 Å². The van der Waals surface area contributed by atoms with Crippen molar-refractivity contribution in [2.75, 3.05) is 20.3 Å². The van der Waals surface area contributed by atoms with Crippen molar-refractivity contribution in [2.45, 2.75) is 25.3 Å². The van der Waals surface area contributed by atoms with Crippen molar-refractivity contribution >= 4 is 18.3 Å². The average molecular weight is 287 g/mol. The Morgan fingerprint density at radius 2 is 2.00 bits per heavy atom. The number of rotatable bonds is 8. The van der Waals surface area contributed by atoms with Gasteiger partial charge in [0, 0.05) is 32.7 Å². The standard InChI is InChI=1S/C14H22N2O2.ClH/c1-18-10-6-5-9-14(17)16-11-13(15)12-7-3-2-4-8-12;/h2-4,7-8,13H,5-6,9-11,15H2,1H3,(H,16,17);1H. The third kappa shape index (κ3) is 7.82. The van der Waals surface area contributed by atoms with E-state index in [1.807, 2.05) is 30.3 Å². The van der Waals surface area contributed by atoms with Crippen molar-refractivity contribution in [1.82, 2.24) is 5.32 Å². The van der Waals surface area contributed by atoms with Crippen molar-refractivity contribution in [1.29, 1.82) is 0 Å². The number of carbonyl (C=O) groups is 1. The summed E-state index contributed by atoms with van der Waals surface area (Å²) in [6.07, 6.45) is 2.29. The van der Waals surface area contributed by atoms with Gasteiger partial charge >= 0.3 is 0 Å². The molecule has 0 radical (unpaired) electrons. The van der Waals surface area contributed by atoms with E-state index in [4.69, 9.17) is 10.5 Å².